The minimum Gasteiger partial charge on any atom is -0.391 e. The van der Waals surface area contributed by atoms with Crippen molar-refractivity contribution < 1.29 is 5.11 Å². The highest BCUT2D eigenvalue weighted by molar-refractivity contribution is 8.00. The van der Waals surface area contributed by atoms with Crippen LogP contribution in [0.15, 0.2) is 34.2 Å². The van der Waals surface area contributed by atoms with Crippen LogP contribution in [-0.2, 0) is 12.8 Å². The molecule has 0 radical (unpaired) electrons. The molecule has 0 amide bonds. The summed E-state index contributed by atoms with van der Waals surface area (Å²) in [5.41, 5.74) is 5.48. The summed E-state index contributed by atoms with van der Waals surface area (Å²) < 4.78 is 0. The van der Waals surface area contributed by atoms with E-state index >= 15 is 0 Å². The molecule has 1 aromatic heterocycles. The highest BCUT2D eigenvalue weighted by atomic mass is 32.2. The van der Waals surface area contributed by atoms with E-state index in [1.165, 1.54) is 39.8 Å². The molecule has 26 heavy (non-hydrogen) atoms. The Morgan fingerprint density at radius 1 is 1.08 bits per heavy atom. The molecule has 1 aromatic carbocycles. The van der Waals surface area contributed by atoms with Crippen molar-refractivity contribution >= 4 is 23.5 Å². The highest BCUT2D eigenvalue weighted by Gasteiger charge is 2.21. The second kappa shape index (κ2) is 8.94. The van der Waals surface area contributed by atoms with Gasteiger partial charge < -0.3 is 5.11 Å². The average molecular weight is 385 g/mol. The van der Waals surface area contributed by atoms with Gasteiger partial charge in [0.25, 0.3) is 0 Å². The largest absolute Gasteiger partial charge is 0.391 e. The van der Waals surface area contributed by atoms with Crippen LogP contribution in [0.2, 0.25) is 0 Å². The molecule has 3 nitrogen and oxygen atoms in total. The third kappa shape index (κ3) is 4.62. The number of aromatic nitrogens is 1. The maximum Gasteiger partial charge on any atom is 0.114 e. The number of aryl methyl sites for hydroxylation is 2. The Hall–Kier alpha value is -1.48. The van der Waals surface area contributed by atoms with Crippen LogP contribution in [0, 0.1) is 25.2 Å². The summed E-state index contributed by atoms with van der Waals surface area (Å²) in [6, 6.07) is 10.7. The van der Waals surface area contributed by atoms with Crippen molar-refractivity contribution in [2.24, 2.45) is 0 Å². The molecule has 1 N–H and O–H groups in total. The maximum absolute atomic E-state index is 10.3. The molecule has 1 heterocycles. The fourth-order valence-corrected chi connectivity index (χ4v) is 5.22. The van der Waals surface area contributed by atoms with Gasteiger partial charge in [-0.15, -0.1) is 23.5 Å². The van der Waals surface area contributed by atoms with Crippen molar-refractivity contribution in [1.29, 1.82) is 5.26 Å². The van der Waals surface area contributed by atoms with E-state index in [2.05, 4.69) is 42.2 Å². The number of rotatable bonds is 6. The third-order valence-corrected chi connectivity index (χ3v) is 6.95. The van der Waals surface area contributed by atoms with Crippen molar-refractivity contribution in [1.82, 2.24) is 4.98 Å². The first-order valence-corrected chi connectivity index (χ1v) is 11.0. The number of aliphatic hydroxyl groups excluding tert-OH is 1. The van der Waals surface area contributed by atoms with Gasteiger partial charge in [0, 0.05) is 22.1 Å². The molecule has 0 aliphatic heterocycles. The molecular weight excluding hydrogens is 360 g/mol. The SMILES string of the molecule is Cc1ccc(SC[C@H](O)CSc2nc(C)c3c(c2C#N)CCCC3)cc1. The van der Waals surface area contributed by atoms with Crippen molar-refractivity contribution in [3.63, 3.8) is 0 Å². The van der Waals surface area contributed by atoms with Crippen LogP contribution in [0.1, 0.15) is 40.8 Å². The van der Waals surface area contributed by atoms with E-state index < -0.39 is 6.10 Å². The summed E-state index contributed by atoms with van der Waals surface area (Å²) in [6.45, 7) is 4.11. The first kappa shape index (κ1) is 19.3. The highest BCUT2D eigenvalue weighted by Crippen LogP contribution is 2.32. The van der Waals surface area contributed by atoms with Crippen LogP contribution < -0.4 is 0 Å². The van der Waals surface area contributed by atoms with Gasteiger partial charge in [-0.1, -0.05) is 17.7 Å². The van der Waals surface area contributed by atoms with Crippen molar-refractivity contribution in [3.8, 4) is 6.07 Å². The molecule has 0 fully saturated rings. The Balaban J connectivity index is 1.63. The van der Waals surface area contributed by atoms with E-state index in [4.69, 9.17) is 0 Å². The Morgan fingerprint density at radius 3 is 2.42 bits per heavy atom. The fraction of sp³-hybridized carbons (Fsp3) is 0.429. The van der Waals surface area contributed by atoms with E-state index in [0.29, 0.717) is 11.5 Å². The number of nitriles is 1. The average Bonchev–Trinajstić information content (AvgIpc) is 2.66. The fourth-order valence-electron chi connectivity index (χ4n) is 3.26. The normalized spacial score (nSPS) is 14.5. The van der Waals surface area contributed by atoms with Gasteiger partial charge in [-0.2, -0.15) is 5.26 Å². The lowest BCUT2D eigenvalue weighted by molar-refractivity contribution is 0.225. The summed E-state index contributed by atoms with van der Waals surface area (Å²) in [7, 11) is 0. The first-order valence-electron chi connectivity index (χ1n) is 9.01. The number of hydrogen-bond acceptors (Lipinski definition) is 5. The zero-order valence-corrected chi connectivity index (χ0v) is 16.9. The topological polar surface area (TPSA) is 56.9 Å². The van der Waals surface area contributed by atoms with Gasteiger partial charge in [-0.05, 0) is 62.8 Å². The Labute approximate surface area is 164 Å². The molecule has 0 saturated carbocycles. The van der Waals surface area contributed by atoms with Gasteiger partial charge in [0.05, 0.1) is 11.7 Å². The summed E-state index contributed by atoms with van der Waals surface area (Å²) >= 11 is 3.17. The van der Waals surface area contributed by atoms with Crippen LogP contribution in [0.3, 0.4) is 0 Å². The summed E-state index contributed by atoms with van der Waals surface area (Å²) in [4.78, 5) is 5.85. The maximum atomic E-state index is 10.3. The number of thioether (sulfide) groups is 2. The Bertz CT molecular complexity index is 812. The summed E-state index contributed by atoms with van der Waals surface area (Å²) in [5, 5.41) is 20.8. The zero-order valence-electron chi connectivity index (χ0n) is 15.3. The number of aliphatic hydroxyl groups is 1. The van der Waals surface area contributed by atoms with Gasteiger partial charge >= 0.3 is 0 Å². The lowest BCUT2D eigenvalue weighted by Crippen LogP contribution is -2.15. The second-order valence-corrected chi connectivity index (χ2v) is 8.84. The molecule has 0 saturated heterocycles. The third-order valence-electron chi connectivity index (χ3n) is 4.68. The van der Waals surface area contributed by atoms with E-state index in [9.17, 15) is 10.4 Å². The number of pyridine rings is 1. The number of benzene rings is 1. The van der Waals surface area contributed by atoms with Crippen molar-refractivity contribution in [3.05, 3.63) is 52.2 Å². The monoisotopic (exact) mass is 384 g/mol. The molecule has 1 aliphatic carbocycles. The molecule has 3 rings (SSSR count). The van der Waals surface area contributed by atoms with Gasteiger partial charge in [0.15, 0.2) is 0 Å². The molecule has 5 heteroatoms. The molecule has 136 valence electrons. The van der Waals surface area contributed by atoms with E-state index in [1.54, 1.807) is 11.8 Å². The standard InChI is InChI=1S/C21H24N2OS2/c1-14-7-9-17(10-8-14)25-12-16(24)13-26-21-20(11-22)19-6-4-3-5-18(19)15(2)23-21/h7-10,16,24H,3-6,12-13H2,1-2H3/t16-/m0/s1. The quantitative estimate of drug-likeness (QED) is 0.732. The minimum atomic E-state index is -0.434. The van der Waals surface area contributed by atoms with Crippen LogP contribution in [0.5, 0.6) is 0 Å². The molecule has 0 spiro atoms. The van der Waals surface area contributed by atoms with E-state index in [1.807, 2.05) is 6.92 Å². The van der Waals surface area contributed by atoms with Crippen molar-refractivity contribution in [2.75, 3.05) is 11.5 Å². The molecule has 0 unspecified atom stereocenters. The molecule has 1 atom stereocenters. The first-order chi connectivity index (χ1) is 12.6. The second-order valence-electron chi connectivity index (χ2n) is 6.74. The zero-order chi connectivity index (χ0) is 18.5. The minimum absolute atomic E-state index is 0.434. The van der Waals surface area contributed by atoms with E-state index in [0.717, 1.165) is 35.5 Å². The van der Waals surface area contributed by atoms with Gasteiger partial charge in [0.2, 0.25) is 0 Å². The van der Waals surface area contributed by atoms with Gasteiger partial charge in [0.1, 0.15) is 11.1 Å². The molecular formula is C21H24N2OS2. The lowest BCUT2D eigenvalue weighted by atomic mass is 9.88. The Morgan fingerprint density at radius 2 is 1.73 bits per heavy atom. The smallest absolute Gasteiger partial charge is 0.114 e. The Kier molecular flexibility index (Phi) is 6.63. The molecule has 0 bridgehead atoms. The van der Waals surface area contributed by atoms with Crippen LogP contribution in [-0.4, -0.2) is 27.7 Å². The van der Waals surface area contributed by atoms with Crippen LogP contribution in [0.4, 0.5) is 0 Å². The summed E-state index contributed by atoms with van der Waals surface area (Å²) in [6.07, 6.45) is 3.90. The number of hydrogen-bond donors (Lipinski definition) is 1. The van der Waals surface area contributed by atoms with Crippen LogP contribution in [0.25, 0.3) is 0 Å². The lowest BCUT2D eigenvalue weighted by Gasteiger charge is -2.21. The number of nitrogens with zero attached hydrogens (tertiary/aromatic N) is 2. The van der Waals surface area contributed by atoms with Crippen molar-refractivity contribution in [2.45, 2.75) is 55.6 Å². The summed E-state index contributed by atoms with van der Waals surface area (Å²) in [5.74, 6) is 1.20. The number of fused-ring (bicyclic) bond motifs is 1. The van der Waals surface area contributed by atoms with E-state index in [-0.39, 0.29) is 0 Å². The predicted octanol–water partition coefficient (Wildman–Crippen LogP) is 4.69. The van der Waals surface area contributed by atoms with Gasteiger partial charge in [-0.3, -0.25) is 0 Å². The molecule has 1 aliphatic rings. The predicted molar refractivity (Wildman–Crippen MR) is 109 cm³/mol. The van der Waals surface area contributed by atoms with Crippen LogP contribution >= 0.6 is 23.5 Å². The molecule has 2 aromatic rings. The van der Waals surface area contributed by atoms with Gasteiger partial charge in [-0.25, -0.2) is 4.98 Å².